The van der Waals surface area contributed by atoms with Crippen molar-refractivity contribution in [3.63, 3.8) is 0 Å². The SMILES string of the molecule is CCCCCCCCC(N=[N+]=[N-])C(=O)OC[C@H]1O[C@@H](n2cc(F)c(=O)[nH]c2=O)[C@H](O)[C@@H]1O. The van der Waals surface area contributed by atoms with E-state index < -0.39 is 60.2 Å². The van der Waals surface area contributed by atoms with Crippen molar-refractivity contribution in [2.24, 2.45) is 5.11 Å². The average Bonchev–Trinajstić information content (AvgIpc) is 3.04. The summed E-state index contributed by atoms with van der Waals surface area (Å²) in [6, 6.07) is -1.04. The molecule has 2 rings (SSSR count). The lowest BCUT2D eigenvalue weighted by Crippen LogP contribution is -2.39. The second kappa shape index (κ2) is 12.3. The molecule has 2 heterocycles. The van der Waals surface area contributed by atoms with Gasteiger partial charge in [-0.3, -0.25) is 19.1 Å². The predicted octanol–water partition coefficient (Wildman–Crippen LogP) is 1.27. The number of aliphatic hydroxyl groups excluding tert-OH is 2. The van der Waals surface area contributed by atoms with Crippen LogP contribution in [0.1, 0.15) is 58.1 Å². The monoisotopic (exact) mass is 457 g/mol. The van der Waals surface area contributed by atoms with Crippen molar-refractivity contribution in [2.45, 2.75) is 82.5 Å². The maximum Gasteiger partial charge on any atom is 0.330 e. The highest BCUT2D eigenvalue weighted by molar-refractivity contribution is 5.75. The van der Waals surface area contributed by atoms with Crippen molar-refractivity contribution in [1.82, 2.24) is 9.55 Å². The van der Waals surface area contributed by atoms with Crippen molar-refractivity contribution >= 4 is 5.97 Å². The Morgan fingerprint density at radius 1 is 1.31 bits per heavy atom. The lowest BCUT2D eigenvalue weighted by molar-refractivity contribution is -0.151. The Labute approximate surface area is 182 Å². The van der Waals surface area contributed by atoms with Crippen LogP contribution in [0, 0.1) is 5.82 Å². The Kier molecular flexibility index (Phi) is 9.85. The molecule has 0 aliphatic carbocycles. The van der Waals surface area contributed by atoms with E-state index in [2.05, 4.69) is 16.9 Å². The van der Waals surface area contributed by atoms with Gasteiger partial charge in [-0.1, -0.05) is 50.6 Å². The van der Waals surface area contributed by atoms with Gasteiger partial charge in [0.05, 0.1) is 6.20 Å². The smallest absolute Gasteiger partial charge is 0.330 e. The third-order valence-corrected chi connectivity index (χ3v) is 5.22. The maximum atomic E-state index is 13.5. The van der Waals surface area contributed by atoms with E-state index in [0.717, 1.165) is 32.1 Å². The van der Waals surface area contributed by atoms with Crippen molar-refractivity contribution in [1.29, 1.82) is 0 Å². The van der Waals surface area contributed by atoms with Crippen molar-refractivity contribution < 1.29 is 28.9 Å². The summed E-state index contributed by atoms with van der Waals surface area (Å²) in [6.07, 6.45) is 0.803. The number of halogens is 1. The van der Waals surface area contributed by atoms with Gasteiger partial charge in [0.25, 0.3) is 5.56 Å². The molecule has 0 amide bonds. The lowest BCUT2D eigenvalue weighted by Gasteiger charge is -2.17. The van der Waals surface area contributed by atoms with Crippen LogP contribution in [0.5, 0.6) is 0 Å². The summed E-state index contributed by atoms with van der Waals surface area (Å²) in [5.41, 5.74) is 6.42. The van der Waals surface area contributed by atoms with Gasteiger partial charge in [0.2, 0.25) is 5.82 Å². The standard InChI is InChI=1S/C19H28FN5O7/c1-2-3-4-5-6-7-8-12(23-24-21)18(29)31-10-13-14(26)15(27)17(32-13)25-9-11(20)16(28)22-19(25)30/h9,12-15,17,26-27H,2-8,10H2,1H3,(H,22,28,30)/t12?,13-,14-,15-,17-/m1/s1. The van der Waals surface area contributed by atoms with Gasteiger partial charge in [-0.05, 0) is 12.0 Å². The molecule has 1 saturated heterocycles. The van der Waals surface area contributed by atoms with Gasteiger partial charge >= 0.3 is 11.7 Å². The number of hydrogen-bond acceptors (Lipinski definition) is 8. The number of aromatic nitrogens is 2. The molecular formula is C19H28FN5O7. The highest BCUT2D eigenvalue weighted by Crippen LogP contribution is 2.28. The van der Waals surface area contributed by atoms with Crippen molar-refractivity contribution in [3.05, 3.63) is 43.3 Å². The fourth-order valence-corrected chi connectivity index (χ4v) is 3.41. The molecule has 0 radical (unpaired) electrons. The van der Waals surface area contributed by atoms with Crippen LogP contribution in [0.25, 0.3) is 10.4 Å². The minimum absolute atomic E-state index is 0.306. The summed E-state index contributed by atoms with van der Waals surface area (Å²) in [4.78, 5) is 39.7. The van der Waals surface area contributed by atoms with Crippen LogP contribution < -0.4 is 11.2 Å². The first-order chi connectivity index (χ1) is 15.3. The summed E-state index contributed by atoms with van der Waals surface area (Å²) in [7, 11) is 0. The molecule has 178 valence electrons. The Hall–Kier alpha value is -2.73. The van der Waals surface area contributed by atoms with Crippen LogP contribution in [0.15, 0.2) is 20.9 Å². The van der Waals surface area contributed by atoms with E-state index in [1.165, 1.54) is 0 Å². The zero-order chi connectivity index (χ0) is 23.7. The lowest BCUT2D eigenvalue weighted by atomic mass is 10.1. The molecule has 12 nitrogen and oxygen atoms in total. The highest BCUT2D eigenvalue weighted by Gasteiger charge is 2.45. The number of azide groups is 1. The van der Waals surface area contributed by atoms with E-state index >= 15 is 0 Å². The molecule has 32 heavy (non-hydrogen) atoms. The molecule has 1 aliphatic heterocycles. The van der Waals surface area contributed by atoms with Gasteiger partial charge in [0.1, 0.15) is 31.0 Å². The molecule has 1 aromatic rings. The molecule has 1 unspecified atom stereocenters. The van der Waals surface area contributed by atoms with E-state index in [9.17, 15) is 29.0 Å². The maximum absolute atomic E-state index is 13.5. The van der Waals surface area contributed by atoms with Gasteiger partial charge in [0.15, 0.2) is 6.23 Å². The third kappa shape index (κ3) is 6.63. The Morgan fingerprint density at radius 3 is 2.69 bits per heavy atom. The minimum atomic E-state index is -1.65. The van der Waals surface area contributed by atoms with Crippen LogP contribution in [0.3, 0.4) is 0 Å². The fourth-order valence-electron chi connectivity index (χ4n) is 3.41. The second-order valence-electron chi connectivity index (χ2n) is 7.60. The Bertz CT molecular complexity index is 929. The summed E-state index contributed by atoms with van der Waals surface area (Å²) in [6.45, 7) is 1.61. The topological polar surface area (TPSA) is 180 Å². The first-order valence-corrected chi connectivity index (χ1v) is 10.5. The number of H-pyrrole nitrogens is 1. The number of rotatable bonds is 12. The molecule has 1 fully saturated rings. The van der Waals surface area contributed by atoms with Crippen molar-refractivity contribution in [2.75, 3.05) is 6.61 Å². The largest absolute Gasteiger partial charge is 0.462 e. The number of hydrogen-bond donors (Lipinski definition) is 3. The molecule has 0 spiro atoms. The number of aromatic amines is 1. The van der Waals surface area contributed by atoms with E-state index in [1.807, 2.05) is 0 Å². The zero-order valence-corrected chi connectivity index (χ0v) is 17.7. The Balaban J connectivity index is 1.93. The summed E-state index contributed by atoms with van der Waals surface area (Å²) in [5, 5.41) is 23.8. The summed E-state index contributed by atoms with van der Waals surface area (Å²) in [5.74, 6) is -2.09. The quantitative estimate of drug-likeness (QED) is 0.139. The summed E-state index contributed by atoms with van der Waals surface area (Å²) < 4.78 is 24.6. The number of carbonyl (C=O) groups is 1. The van der Waals surface area contributed by atoms with E-state index in [0.29, 0.717) is 23.6 Å². The molecular weight excluding hydrogens is 429 g/mol. The van der Waals surface area contributed by atoms with Gasteiger partial charge < -0.3 is 19.7 Å². The van der Waals surface area contributed by atoms with E-state index in [-0.39, 0.29) is 0 Å². The minimum Gasteiger partial charge on any atom is -0.462 e. The zero-order valence-electron chi connectivity index (χ0n) is 17.7. The number of ether oxygens (including phenoxy) is 2. The third-order valence-electron chi connectivity index (χ3n) is 5.22. The predicted molar refractivity (Wildman–Crippen MR) is 109 cm³/mol. The van der Waals surface area contributed by atoms with Gasteiger partial charge in [-0.15, -0.1) is 0 Å². The fraction of sp³-hybridized carbons (Fsp3) is 0.737. The molecule has 0 saturated carbocycles. The van der Waals surface area contributed by atoms with Gasteiger partial charge in [0, 0.05) is 4.91 Å². The first-order valence-electron chi connectivity index (χ1n) is 10.5. The van der Waals surface area contributed by atoms with Crippen LogP contribution in [0.2, 0.25) is 0 Å². The molecule has 0 bridgehead atoms. The molecule has 0 aromatic carbocycles. The molecule has 3 N–H and O–H groups in total. The number of esters is 1. The van der Waals surface area contributed by atoms with Gasteiger partial charge in [-0.25, -0.2) is 4.79 Å². The van der Waals surface area contributed by atoms with Gasteiger partial charge in [-0.2, -0.15) is 4.39 Å². The van der Waals surface area contributed by atoms with Crippen LogP contribution in [-0.4, -0.2) is 56.7 Å². The first kappa shape index (κ1) is 25.5. The average molecular weight is 457 g/mol. The van der Waals surface area contributed by atoms with E-state index in [1.54, 1.807) is 4.98 Å². The number of carbonyl (C=O) groups excluding carboxylic acids is 1. The van der Waals surface area contributed by atoms with Crippen LogP contribution >= 0.6 is 0 Å². The van der Waals surface area contributed by atoms with E-state index in [4.69, 9.17) is 15.0 Å². The summed E-state index contributed by atoms with van der Waals surface area (Å²) >= 11 is 0. The Morgan fingerprint density at radius 2 is 2.00 bits per heavy atom. The number of nitrogens with one attached hydrogen (secondary N) is 1. The van der Waals surface area contributed by atoms with Crippen LogP contribution in [0.4, 0.5) is 4.39 Å². The highest BCUT2D eigenvalue weighted by atomic mass is 19.1. The molecule has 1 aromatic heterocycles. The van der Waals surface area contributed by atoms with Crippen molar-refractivity contribution in [3.8, 4) is 0 Å². The number of unbranched alkanes of at least 4 members (excludes halogenated alkanes) is 5. The molecule has 13 heteroatoms. The van der Waals surface area contributed by atoms with Crippen LogP contribution in [-0.2, 0) is 14.3 Å². The second-order valence-corrected chi connectivity index (χ2v) is 7.60. The molecule has 5 atom stereocenters. The number of nitrogens with zero attached hydrogens (tertiary/aromatic N) is 4. The normalized spacial score (nSPS) is 23.5. The molecule has 1 aliphatic rings. The number of aliphatic hydroxyl groups is 2.